The molecule has 0 fully saturated rings. The van der Waals surface area contributed by atoms with E-state index in [2.05, 4.69) is 5.32 Å². The molecule has 36 heavy (non-hydrogen) atoms. The van der Waals surface area contributed by atoms with E-state index in [4.69, 9.17) is 16.3 Å². The number of carbonyl (C=O) groups excluding carboxylic acids is 2. The van der Waals surface area contributed by atoms with Crippen molar-refractivity contribution in [2.24, 2.45) is 0 Å². The van der Waals surface area contributed by atoms with Gasteiger partial charge in [0.2, 0.25) is 0 Å². The summed E-state index contributed by atoms with van der Waals surface area (Å²) in [4.78, 5) is 25.3. The smallest absolute Gasteiger partial charge is 0.307 e. The average Bonchev–Trinajstić information content (AvgIpc) is 2.90. The second kappa shape index (κ2) is 11.1. The number of benzene rings is 4. The van der Waals surface area contributed by atoms with E-state index in [0.29, 0.717) is 16.7 Å². The van der Waals surface area contributed by atoms with Crippen LogP contribution in [-0.2, 0) is 9.53 Å². The van der Waals surface area contributed by atoms with Crippen LogP contribution in [0.3, 0.4) is 0 Å². The van der Waals surface area contributed by atoms with Gasteiger partial charge in [0.05, 0.1) is 30.2 Å². The highest BCUT2D eigenvalue weighted by Crippen LogP contribution is 2.30. The van der Waals surface area contributed by atoms with Crippen molar-refractivity contribution in [3.05, 3.63) is 113 Å². The molecule has 4 aromatic carbocycles. The van der Waals surface area contributed by atoms with Gasteiger partial charge < -0.3 is 15.2 Å². The summed E-state index contributed by atoms with van der Waals surface area (Å²) >= 11 is 5.77. The molecule has 2 N–H and O–H groups in total. The van der Waals surface area contributed by atoms with Gasteiger partial charge in [-0.05, 0) is 52.1 Å². The normalized spacial score (nSPS) is 11.5. The molecule has 0 heterocycles. The maximum Gasteiger partial charge on any atom is 0.307 e. The number of phenolic OH excluding ortho intramolecular Hbond substituents is 1. The zero-order chi connectivity index (χ0) is 25.7. The largest absolute Gasteiger partial charge is 0.507 e. The summed E-state index contributed by atoms with van der Waals surface area (Å²) in [7, 11) is 1.28. The Morgan fingerprint density at radius 3 is 2.17 bits per heavy atom. The minimum Gasteiger partial charge on any atom is -0.507 e. The maximum atomic E-state index is 14.0. The summed E-state index contributed by atoms with van der Waals surface area (Å²) in [6.07, 6.45) is -0.101. The van der Waals surface area contributed by atoms with Crippen molar-refractivity contribution in [1.29, 1.82) is 0 Å². The first-order chi connectivity index (χ1) is 17.4. The highest BCUT2D eigenvalue weighted by Gasteiger charge is 2.22. The highest BCUT2D eigenvalue weighted by molar-refractivity contribution is 6.30. The van der Waals surface area contributed by atoms with Gasteiger partial charge in [0, 0.05) is 0 Å². The molecule has 4 rings (SSSR count). The summed E-state index contributed by atoms with van der Waals surface area (Å²) in [5.74, 6) is -1.93. The number of aromatic hydroxyl groups is 1. The molecule has 0 bridgehead atoms. The Hall–Kier alpha value is -4.16. The van der Waals surface area contributed by atoms with E-state index in [9.17, 15) is 19.1 Å². The van der Waals surface area contributed by atoms with Crippen LogP contribution in [0.1, 0.15) is 28.4 Å². The Balaban J connectivity index is 1.61. The van der Waals surface area contributed by atoms with E-state index in [0.717, 1.165) is 11.1 Å². The van der Waals surface area contributed by atoms with Crippen molar-refractivity contribution in [3.8, 4) is 28.0 Å². The van der Waals surface area contributed by atoms with Crippen molar-refractivity contribution >= 4 is 23.5 Å². The van der Waals surface area contributed by atoms with Gasteiger partial charge in [-0.15, -0.1) is 0 Å². The minimum absolute atomic E-state index is 0.0144. The SMILES string of the molecule is COC(=O)CC(NC(=O)c1cc(-c2ccc(Cl)c(F)c2)ccc1O)c1ccc(-c2ccccc2)cc1. The van der Waals surface area contributed by atoms with E-state index < -0.39 is 23.7 Å². The number of hydrogen-bond donors (Lipinski definition) is 2. The third kappa shape index (κ3) is 5.73. The van der Waals surface area contributed by atoms with E-state index >= 15 is 0 Å². The first-order valence-electron chi connectivity index (χ1n) is 11.2. The average molecular weight is 504 g/mol. The molecule has 0 aliphatic heterocycles. The first kappa shape index (κ1) is 24.9. The molecule has 0 aliphatic rings. The van der Waals surface area contributed by atoms with Gasteiger partial charge in [0.15, 0.2) is 0 Å². The van der Waals surface area contributed by atoms with E-state index in [1.807, 2.05) is 54.6 Å². The molecule has 5 nitrogen and oxygen atoms in total. The topological polar surface area (TPSA) is 75.6 Å². The maximum absolute atomic E-state index is 14.0. The lowest BCUT2D eigenvalue weighted by Crippen LogP contribution is -2.30. The monoisotopic (exact) mass is 503 g/mol. The molecule has 0 spiro atoms. The van der Waals surface area contributed by atoms with Crippen molar-refractivity contribution < 1.29 is 23.8 Å². The number of esters is 1. The number of ether oxygens (including phenoxy) is 1. The van der Waals surface area contributed by atoms with Crippen LogP contribution < -0.4 is 5.32 Å². The van der Waals surface area contributed by atoms with Gasteiger partial charge in [0.1, 0.15) is 11.6 Å². The second-order valence-electron chi connectivity index (χ2n) is 8.16. The molecule has 0 saturated heterocycles. The Morgan fingerprint density at radius 1 is 0.889 bits per heavy atom. The van der Waals surface area contributed by atoms with Gasteiger partial charge in [0.25, 0.3) is 5.91 Å². The molecule has 0 radical (unpaired) electrons. The first-order valence-corrected chi connectivity index (χ1v) is 11.5. The summed E-state index contributed by atoms with van der Waals surface area (Å²) in [5, 5.41) is 13.2. The quantitative estimate of drug-likeness (QED) is 0.280. The fraction of sp³-hybridized carbons (Fsp3) is 0.103. The van der Waals surface area contributed by atoms with Crippen LogP contribution >= 0.6 is 11.6 Å². The lowest BCUT2D eigenvalue weighted by atomic mass is 9.98. The van der Waals surface area contributed by atoms with Crippen LogP contribution in [0.2, 0.25) is 5.02 Å². The van der Waals surface area contributed by atoms with Crippen molar-refractivity contribution in [2.45, 2.75) is 12.5 Å². The summed E-state index contributed by atoms with van der Waals surface area (Å²) in [6.45, 7) is 0. The lowest BCUT2D eigenvalue weighted by molar-refractivity contribution is -0.141. The summed E-state index contributed by atoms with van der Waals surface area (Å²) < 4.78 is 18.8. The van der Waals surface area contributed by atoms with Crippen LogP contribution in [0, 0.1) is 5.82 Å². The lowest BCUT2D eigenvalue weighted by Gasteiger charge is -2.19. The molecule has 182 valence electrons. The van der Waals surface area contributed by atoms with Crippen LogP contribution in [0.4, 0.5) is 4.39 Å². The fourth-order valence-corrected chi connectivity index (χ4v) is 3.97. The molecule has 1 unspecified atom stereocenters. The van der Waals surface area contributed by atoms with E-state index in [1.54, 1.807) is 12.1 Å². The van der Waals surface area contributed by atoms with E-state index in [-0.39, 0.29) is 22.8 Å². The zero-order valence-electron chi connectivity index (χ0n) is 19.4. The molecular formula is C29H23ClFNO4. The molecular weight excluding hydrogens is 481 g/mol. The van der Waals surface area contributed by atoms with E-state index in [1.165, 1.54) is 31.4 Å². The molecule has 0 aliphatic carbocycles. The Bertz CT molecular complexity index is 1390. The molecule has 1 amide bonds. The molecule has 4 aromatic rings. The van der Waals surface area contributed by atoms with Crippen LogP contribution in [-0.4, -0.2) is 24.1 Å². The number of halogens is 2. The number of carbonyl (C=O) groups is 2. The molecule has 1 atom stereocenters. The third-order valence-corrected chi connectivity index (χ3v) is 6.12. The third-order valence-electron chi connectivity index (χ3n) is 5.82. The zero-order valence-corrected chi connectivity index (χ0v) is 20.1. The number of phenols is 1. The number of methoxy groups -OCH3 is 1. The van der Waals surface area contributed by atoms with Gasteiger partial charge >= 0.3 is 5.97 Å². The highest BCUT2D eigenvalue weighted by atomic mass is 35.5. The molecule has 0 aromatic heterocycles. The predicted molar refractivity (Wildman–Crippen MR) is 137 cm³/mol. The molecule has 7 heteroatoms. The molecule has 0 saturated carbocycles. The summed E-state index contributed by atoms with van der Waals surface area (Å²) in [5.41, 5.74) is 3.72. The number of hydrogen-bond acceptors (Lipinski definition) is 4. The summed E-state index contributed by atoms with van der Waals surface area (Å²) in [6, 6.07) is 25.3. The standard InChI is InChI=1S/C29H23ClFNO4/c1-36-28(34)17-26(20-9-7-19(8-10-20)18-5-3-2-4-6-18)32-29(35)23-15-21(12-14-27(23)33)22-11-13-24(30)25(31)16-22/h2-16,26,33H,17H2,1H3,(H,32,35). The second-order valence-corrected chi connectivity index (χ2v) is 8.56. The van der Waals surface area contributed by atoms with Gasteiger partial charge in [-0.3, -0.25) is 9.59 Å². The van der Waals surface area contributed by atoms with Crippen LogP contribution in [0.15, 0.2) is 91.0 Å². The Labute approximate surface area is 213 Å². The Kier molecular flexibility index (Phi) is 7.66. The Morgan fingerprint density at radius 2 is 1.50 bits per heavy atom. The number of rotatable bonds is 7. The minimum atomic E-state index is -0.703. The van der Waals surface area contributed by atoms with Gasteiger partial charge in [-0.2, -0.15) is 0 Å². The van der Waals surface area contributed by atoms with Crippen LogP contribution in [0.5, 0.6) is 5.75 Å². The predicted octanol–water partition coefficient (Wildman–Crippen LogP) is 6.55. The van der Waals surface area contributed by atoms with Gasteiger partial charge in [-0.25, -0.2) is 4.39 Å². The fourth-order valence-electron chi connectivity index (χ4n) is 3.85. The van der Waals surface area contributed by atoms with Crippen molar-refractivity contribution in [2.75, 3.05) is 7.11 Å². The number of amides is 1. The van der Waals surface area contributed by atoms with Crippen LogP contribution in [0.25, 0.3) is 22.3 Å². The van der Waals surface area contributed by atoms with Gasteiger partial charge in [-0.1, -0.05) is 78.3 Å². The number of nitrogens with one attached hydrogen (secondary N) is 1. The van der Waals surface area contributed by atoms with Crippen molar-refractivity contribution in [1.82, 2.24) is 5.32 Å². The van der Waals surface area contributed by atoms with Crippen molar-refractivity contribution in [3.63, 3.8) is 0 Å².